The van der Waals surface area contributed by atoms with Gasteiger partial charge >= 0.3 is 11.9 Å². The van der Waals surface area contributed by atoms with Gasteiger partial charge in [0.05, 0.1) is 19.5 Å². The molecule has 1 aliphatic heterocycles. The number of aliphatic hydroxyl groups is 1. The van der Waals surface area contributed by atoms with Crippen molar-refractivity contribution in [1.29, 1.82) is 0 Å². The summed E-state index contributed by atoms with van der Waals surface area (Å²) in [5.41, 5.74) is 24.9. The van der Waals surface area contributed by atoms with Crippen molar-refractivity contribution in [3.05, 3.63) is 90.1 Å². The zero-order valence-corrected chi connectivity index (χ0v) is 56.4. The van der Waals surface area contributed by atoms with Crippen LogP contribution in [0.4, 0.5) is 0 Å². The first-order chi connectivity index (χ1) is 47.0. The average Bonchev–Trinajstić information content (AvgIpc) is 1.65. The van der Waals surface area contributed by atoms with Crippen LogP contribution >= 0.6 is 23.5 Å². The van der Waals surface area contributed by atoms with Gasteiger partial charge in [-0.1, -0.05) is 48.5 Å². The molecule has 33 nitrogen and oxygen atoms in total. The van der Waals surface area contributed by atoms with Crippen LogP contribution in [0.25, 0.3) is 10.9 Å². The summed E-state index contributed by atoms with van der Waals surface area (Å²) in [6.45, 7) is -1.05. The number of thioether (sulfide) groups is 2. The Kier molecular flexibility index (Phi) is 33.8. The minimum Gasteiger partial charge on any atom is -0.481 e. The number of carboxylic acids is 2. The summed E-state index contributed by atoms with van der Waals surface area (Å²) in [7, 11) is 0. The molecule has 0 spiro atoms. The third kappa shape index (κ3) is 26.3. The van der Waals surface area contributed by atoms with Crippen LogP contribution in [0.15, 0.2) is 78.3 Å². The van der Waals surface area contributed by atoms with E-state index in [-0.39, 0.29) is 83.4 Å². The Morgan fingerprint density at radius 3 is 1.82 bits per heavy atom. The van der Waals surface area contributed by atoms with Gasteiger partial charge in [0.25, 0.3) is 0 Å². The van der Waals surface area contributed by atoms with Gasteiger partial charge in [-0.05, 0) is 112 Å². The molecule has 10 amide bonds. The first-order valence-corrected chi connectivity index (χ1v) is 34.9. The Morgan fingerprint density at radius 2 is 1.21 bits per heavy atom. The number of fused-ring (bicyclic) bond motifs is 1. The lowest BCUT2D eigenvalue weighted by Gasteiger charge is -2.29. The molecule has 1 aliphatic rings. The van der Waals surface area contributed by atoms with E-state index >= 15 is 0 Å². The second-order valence-corrected chi connectivity index (χ2v) is 25.3. The fourth-order valence-electron chi connectivity index (χ4n) is 10.7. The molecule has 22 N–H and O–H groups in total. The minimum absolute atomic E-state index is 0.0285. The zero-order valence-electron chi connectivity index (χ0n) is 54.8. The number of unbranched alkanes of at least 4 members (excludes halogenated alkanes) is 1. The smallest absolute Gasteiger partial charge is 0.326 e. The first kappa shape index (κ1) is 79.4. The number of nitrogens with two attached hydrogens (primary N) is 4. The topological polar surface area (TPSA) is 538 Å². The number of nitrogens with zero attached hydrogens (tertiary/aromatic N) is 3. The molecule has 0 radical (unpaired) electrons. The summed E-state index contributed by atoms with van der Waals surface area (Å²) >= 11 is 2.75. The lowest BCUT2D eigenvalue weighted by atomic mass is 10.0. The van der Waals surface area contributed by atoms with E-state index in [2.05, 4.69) is 67.8 Å². The lowest BCUT2D eigenvalue weighted by Crippen LogP contribution is -2.61. The van der Waals surface area contributed by atoms with Crippen molar-refractivity contribution in [3.63, 3.8) is 0 Å². The zero-order chi connectivity index (χ0) is 71.7. The molecular formula is C63H92N18O15S2. The van der Waals surface area contributed by atoms with Crippen LogP contribution in [0.3, 0.4) is 0 Å². The Labute approximate surface area is 574 Å². The van der Waals surface area contributed by atoms with E-state index in [1.54, 1.807) is 73.3 Å². The monoisotopic (exact) mass is 1400 g/mol. The third-order valence-electron chi connectivity index (χ3n) is 16.0. The molecule has 0 aliphatic carbocycles. The van der Waals surface area contributed by atoms with Gasteiger partial charge in [0.15, 0.2) is 5.96 Å². The lowest BCUT2D eigenvalue weighted by molar-refractivity contribution is -0.145. The predicted molar refractivity (Wildman–Crippen MR) is 366 cm³/mol. The van der Waals surface area contributed by atoms with Crippen LogP contribution in [-0.2, 0) is 76.8 Å². The van der Waals surface area contributed by atoms with Crippen molar-refractivity contribution >= 4 is 111 Å². The van der Waals surface area contributed by atoms with Crippen molar-refractivity contribution in [2.24, 2.45) is 27.9 Å². The van der Waals surface area contributed by atoms with Gasteiger partial charge in [0.2, 0.25) is 59.1 Å². The van der Waals surface area contributed by atoms with Crippen molar-refractivity contribution in [1.82, 2.24) is 67.7 Å². The van der Waals surface area contributed by atoms with Crippen LogP contribution in [0.2, 0.25) is 0 Å². The van der Waals surface area contributed by atoms with E-state index in [0.717, 1.165) is 0 Å². The predicted octanol–water partition coefficient (Wildman–Crippen LogP) is -3.14. The van der Waals surface area contributed by atoms with Gasteiger partial charge in [0, 0.05) is 67.8 Å². The summed E-state index contributed by atoms with van der Waals surface area (Å²) < 4.78 is 0. The highest BCUT2D eigenvalue weighted by molar-refractivity contribution is 7.98. The molecule has 2 aromatic heterocycles. The van der Waals surface area contributed by atoms with Crippen molar-refractivity contribution in [3.8, 4) is 0 Å². The maximum absolute atomic E-state index is 15.0. The van der Waals surface area contributed by atoms with Crippen LogP contribution < -0.4 is 70.8 Å². The van der Waals surface area contributed by atoms with E-state index in [1.165, 1.54) is 40.9 Å². The number of benzene rings is 2. The van der Waals surface area contributed by atoms with E-state index in [9.17, 15) is 72.9 Å². The number of rotatable bonds is 44. The molecule has 98 heavy (non-hydrogen) atoms. The summed E-state index contributed by atoms with van der Waals surface area (Å²) in [6.07, 6.45) is 7.79. The molecule has 0 unspecified atom stereocenters. The number of hydrogen-bond donors (Lipinski definition) is 18. The quantitative estimate of drug-likeness (QED) is 0.0118. The molecule has 1 fully saturated rings. The maximum atomic E-state index is 15.0. The van der Waals surface area contributed by atoms with E-state index < -0.39 is 157 Å². The summed E-state index contributed by atoms with van der Waals surface area (Å²) in [5.74, 6) is -10.5. The number of carbonyl (C=O) groups is 12. The number of aromatic nitrogens is 3. The van der Waals surface area contributed by atoms with Crippen LogP contribution in [0.1, 0.15) is 87.4 Å². The van der Waals surface area contributed by atoms with Gasteiger partial charge in [0.1, 0.15) is 60.4 Å². The standard InChI is InChI=1S/C63H92N18O15S2/c1-97-26-21-44(74-53(86)40(65)34-82)57(90)76-43(19-20-52(84)85)56(89)80-49(30-38-32-68-35-72-38)59(92)78-47(28-36-12-4-3-5-13-36)58(91)75-42(17-10-24-69-63(66)67)55(88)79-48(29-37-31-70-41-15-7-6-14-39(37)41)54(87)71-33-51(83)73-45(16-8-9-23-64)61(94)81-25-11-18-50(81)60(93)77-46(62(95)96)22-27-98-2/h3-7,12-15,31-32,35,40,42-50,70,82H,8-11,16-30,33-34,64-65H2,1-2H3,(H,68,72)(H,71,87)(H,73,83)(H,74,86)(H,75,91)(H,76,90)(H,77,93)(H,78,92)(H,79,88)(H,80,89)(H,84,85)(H,95,96)(H4,66,67,69)/t40-,42-,43-,44-,45-,46-,47-,48-,49-,50-/m0/s1. The van der Waals surface area contributed by atoms with Gasteiger partial charge < -0.3 is 101 Å². The molecule has 536 valence electrons. The van der Waals surface area contributed by atoms with Crippen molar-refractivity contribution in [2.75, 3.05) is 56.8 Å². The van der Waals surface area contributed by atoms with Crippen molar-refractivity contribution < 1.29 is 72.9 Å². The third-order valence-corrected chi connectivity index (χ3v) is 17.2. The highest BCUT2D eigenvalue weighted by Gasteiger charge is 2.40. The molecule has 3 heterocycles. The van der Waals surface area contributed by atoms with E-state index in [1.807, 2.05) is 0 Å². The number of H-pyrrole nitrogens is 2. The van der Waals surface area contributed by atoms with Gasteiger partial charge in [-0.3, -0.25) is 57.7 Å². The van der Waals surface area contributed by atoms with Gasteiger partial charge in [-0.2, -0.15) is 23.5 Å². The highest BCUT2D eigenvalue weighted by atomic mass is 32.2. The minimum atomic E-state index is -1.62. The Morgan fingerprint density at radius 1 is 0.643 bits per heavy atom. The largest absolute Gasteiger partial charge is 0.481 e. The number of guanidine groups is 1. The van der Waals surface area contributed by atoms with Crippen LogP contribution in [-0.4, -0.2) is 229 Å². The fourth-order valence-corrected chi connectivity index (χ4v) is 11.6. The van der Waals surface area contributed by atoms with Gasteiger partial charge in [-0.15, -0.1) is 0 Å². The van der Waals surface area contributed by atoms with Crippen molar-refractivity contribution in [2.45, 2.75) is 150 Å². The normalized spacial score (nSPS) is 15.4. The number of carboxylic acid groups (broad SMARTS) is 2. The van der Waals surface area contributed by atoms with Crippen LogP contribution in [0, 0.1) is 0 Å². The SMILES string of the molecule is CSCC[C@H](NC(=O)[C@@H]1CCCN1C(=O)[C@H](CCCCN)NC(=O)CNC(=O)[C@H](Cc1c[nH]c2ccccc12)NC(=O)[C@H](CCCN=C(N)N)NC(=O)[C@H](Cc1ccccc1)NC(=O)[C@H](Cc1cnc[nH]1)NC(=O)[C@H](CCC(=O)O)NC(=O)[C@H](CCSC)NC(=O)[C@@H](N)CO)C(=O)O. The number of carbonyl (C=O) groups excluding carboxylic acids is 10. The molecule has 1 saturated heterocycles. The molecule has 10 atom stereocenters. The number of hydrogen-bond acceptors (Lipinski definition) is 19. The summed E-state index contributed by atoms with van der Waals surface area (Å²) in [5, 5.41) is 53.2. The number of aliphatic carboxylic acids is 2. The molecular weight excluding hydrogens is 1310 g/mol. The number of likely N-dealkylation sites (tertiary alicyclic amines) is 1. The maximum Gasteiger partial charge on any atom is 0.326 e. The Balaban J connectivity index is 1.43. The molecule has 0 bridgehead atoms. The number of imidazole rings is 1. The second-order valence-electron chi connectivity index (χ2n) is 23.3. The molecule has 5 rings (SSSR count). The highest BCUT2D eigenvalue weighted by Crippen LogP contribution is 2.22. The summed E-state index contributed by atoms with van der Waals surface area (Å²) in [4.78, 5) is 181. The number of aromatic amines is 2. The van der Waals surface area contributed by atoms with E-state index in [0.29, 0.717) is 58.5 Å². The number of nitrogens with one attached hydrogen (secondary N) is 11. The molecule has 2 aromatic carbocycles. The number of aliphatic imine (C=N–C) groups is 1. The second kappa shape index (κ2) is 41.7. The molecule has 35 heteroatoms. The molecule has 4 aromatic rings. The first-order valence-electron chi connectivity index (χ1n) is 32.1. The van der Waals surface area contributed by atoms with Gasteiger partial charge in [-0.25, -0.2) is 9.78 Å². The Hall–Kier alpha value is -9.32. The Bertz CT molecular complexity index is 3340. The number of amides is 10. The van der Waals surface area contributed by atoms with Crippen LogP contribution in [0.5, 0.6) is 0 Å². The average molecular weight is 1410 g/mol. The number of para-hydroxylation sites is 1. The molecule has 0 saturated carbocycles. The van der Waals surface area contributed by atoms with E-state index in [4.69, 9.17) is 22.9 Å². The summed E-state index contributed by atoms with van der Waals surface area (Å²) in [6, 6.07) is 1.80. The number of aliphatic hydroxyl groups excluding tert-OH is 1. The fraction of sp³-hybridized carbons (Fsp3) is 0.524.